The monoisotopic (exact) mass is 319 g/mol. The van der Waals surface area contributed by atoms with Gasteiger partial charge in [-0.2, -0.15) is 0 Å². The Morgan fingerprint density at radius 2 is 2.29 bits per heavy atom. The Morgan fingerprint density at radius 1 is 1.53 bits per heavy atom. The molecule has 17 heavy (non-hydrogen) atoms. The molecule has 6 heteroatoms. The molecule has 0 amide bonds. The largest absolute Gasteiger partial charge is 0.476 e. The van der Waals surface area contributed by atoms with Crippen LogP contribution < -0.4 is 9.46 Å². The number of halogens is 1. The highest BCUT2D eigenvalue weighted by atomic mass is 79.9. The highest BCUT2D eigenvalue weighted by Gasteiger charge is 2.05. The Morgan fingerprint density at radius 3 is 2.94 bits per heavy atom. The third kappa shape index (κ3) is 5.61. The first-order valence-electron chi connectivity index (χ1n) is 5.35. The number of anilines is 1. The first-order valence-corrected chi connectivity index (χ1v) is 7.37. The molecule has 1 heterocycles. The summed E-state index contributed by atoms with van der Waals surface area (Å²) >= 11 is 4.92. The normalized spacial score (nSPS) is 10.6. The second-order valence-electron chi connectivity index (χ2n) is 3.82. The Bertz CT molecular complexity index is 349. The Balaban J connectivity index is 2.51. The zero-order chi connectivity index (χ0) is 12.7. The van der Waals surface area contributed by atoms with Crippen molar-refractivity contribution in [1.29, 1.82) is 0 Å². The minimum absolute atomic E-state index is 0.654. The summed E-state index contributed by atoms with van der Waals surface area (Å²) < 4.78 is 9.76. The van der Waals surface area contributed by atoms with Gasteiger partial charge in [-0.1, -0.05) is 11.9 Å². The molecule has 0 saturated carbocycles. The summed E-state index contributed by atoms with van der Waals surface area (Å²) in [6.07, 6.45) is 4.70. The molecule has 4 nitrogen and oxygen atoms in total. The molecule has 0 radical (unpaired) electrons. The number of hydrogen-bond acceptors (Lipinski definition) is 5. The van der Waals surface area contributed by atoms with Crippen LogP contribution in [0.3, 0.4) is 0 Å². The molecular weight excluding hydrogens is 302 g/mol. The quantitative estimate of drug-likeness (QED) is 0.618. The summed E-state index contributed by atoms with van der Waals surface area (Å²) in [5.74, 6) is 0.654. The lowest BCUT2D eigenvalue weighted by Crippen LogP contribution is -2.15. The highest BCUT2D eigenvalue weighted by molar-refractivity contribution is 9.10. The summed E-state index contributed by atoms with van der Waals surface area (Å²) in [7, 11) is 4.11. The number of nitrogens with one attached hydrogen (secondary N) is 1. The lowest BCUT2D eigenvalue weighted by molar-refractivity contribution is 0.274. The second-order valence-corrected chi connectivity index (χ2v) is 5.35. The van der Waals surface area contributed by atoms with Gasteiger partial charge in [-0.3, -0.25) is 0 Å². The molecule has 0 unspecified atom stereocenters. The van der Waals surface area contributed by atoms with E-state index in [4.69, 9.17) is 4.74 Å². The zero-order valence-electron chi connectivity index (χ0n) is 10.4. The molecule has 1 aromatic rings. The van der Waals surface area contributed by atoms with E-state index in [2.05, 4.69) is 44.6 Å². The van der Waals surface area contributed by atoms with Crippen molar-refractivity contribution in [1.82, 2.24) is 9.88 Å². The van der Waals surface area contributed by atoms with Crippen LogP contribution in [-0.4, -0.2) is 43.4 Å². The molecule has 0 saturated heterocycles. The van der Waals surface area contributed by atoms with Crippen LogP contribution in [0, 0.1) is 0 Å². The Labute approximate surface area is 115 Å². The molecule has 0 aliphatic heterocycles. The van der Waals surface area contributed by atoms with Gasteiger partial charge in [-0.25, -0.2) is 4.98 Å². The van der Waals surface area contributed by atoms with E-state index in [1.165, 1.54) is 11.9 Å². The van der Waals surface area contributed by atoms with Crippen molar-refractivity contribution in [3.63, 3.8) is 0 Å². The lowest BCUT2D eigenvalue weighted by atomic mass is 10.4. The fourth-order valence-electron chi connectivity index (χ4n) is 1.27. The highest BCUT2D eigenvalue weighted by Crippen LogP contribution is 2.27. The first-order chi connectivity index (χ1) is 8.13. The van der Waals surface area contributed by atoms with E-state index < -0.39 is 0 Å². The minimum Gasteiger partial charge on any atom is -0.476 e. The third-order valence-corrected chi connectivity index (χ3v) is 2.88. The van der Waals surface area contributed by atoms with Crippen molar-refractivity contribution in [3.05, 3.63) is 16.7 Å². The predicted molar refractivity (Wildman–Crippen MR) is 77.7 cm³/mol. The topological polar surface area (TPSA) is 37.4 Å². The van der Waals surface area contributed by atoms with E-state index in [1.807, 2.05) is 12.3 Å². The van der Waals surface area contributed by atoms with Crippen molar-refractivity contribution in [2.75, 3.05) is 38.2 Å². The van der Waals surface area contributed by atoms with E-state index in [1.54, 1.807) is 6.20 Å². The van der Waals surface area contributed by atoms with Gasteiger partial charge in [0.05, 0.1) is 6.61 Å². The Kier molecular flexibility index (Phi) is 6.69. The van der Waals surface area contributed by atoms with Crippen LogP contribution in [0.4, 0.5) is 5.69 Å². The van der Waals surface area contributed by atoms with Gasteiger partial charge in [0.1, 0.15) is 5.69 Å². The maximum Gasteiger partial charge on any atom is 0.238 e. The molecule has 0 bridgehead atoms. The van der Waals surface area contributed by atoms with Gasteiger partial charge in [0, 0.05) is 23.5 Å². The van der Waals surface area contributed by atoms with Crippen LogP contribution >= 0.6 is 27.9 Å². The first kappa shape index (κ1) is 14.6. The molecule has 0 aliphatic carbocycles. The fraction of sp³-hybridized carbons (Fsp3) is 0.545. The van der Waals surface area contributed by atoms with Gasteiger partial charge in [0.2, 0.25) is 5.88 Å². The number of pyridine rings is 1. The summed E-state index contributed by atoms with van der Waals surface area (Å²) in [5.41, 5.74) is 0.900. The number of rotatable bonds is 7. The zero-order valence-corrected chi connectivity index (χ0v) is 12.8. The molecule has 1 aromatic heterocycles. The fourth-order valence-corrected chi connectivity index (χ4v) is 1.97. The van der Waals surface area contributed by atoms with Gasteiger partial charge in [-0.15, -0.1) is 0 Å². The molecule has 0 fully saturated rings. The SMILES string of the molecule is CSNc1cc(Br)cnc1OCCCN(C)C. The van der Waals surface area contributed by atoms with Gasteiger partial charge >= 0.3 is 0 Å². The molecule has 0 aromatic carbocycles. The van der Waals surface area contributed by atoms with Crippen LogP contribution in [-0.2, 0) is 0 Å². The number of hydrogen-bond donors (Lipinski definition) is 1. The maximum atomic E-state index is 5.66. The Hall–Kier alpha value is -0.460. The molecule has 1 rings (SSSR count). The van der Waals surface area contributed by atoms with Crippen LogP contribution in [0.2, 0.25) is 0 Å². The summed E-state index contributed by atoms with van der Waals surface area (Å²) in [5, 5.41) is 0. The third-order valence-electron chi connectivity index (χ3n) is 2.02. The average molecular weight is 320 g/mol. The molecule has 1 N–H and O–H groups in total. The van der Waals surface area contributed by atoms with Gasteiger partial charge in [0.15, 0.2) is 0 Å². The smallest absolute Gasteiger partial charge is 0.238 e. The van der Waals surface area contributed by atoms with E-state index in [9.17, 15) is 0 Å². The predicted octanol–water partition coefficient (Wildman–Crippen LogP) is 2.86. The summed E-state index contributed by atoms with van der Waals surface area (Å²) in [6, 6.07) is 1.96. The minimum atomic E-state index is 0.654. The van der Waals surface area contributed by atoms with Crippen LogP contribution in [0.25, 0.3) is 0 Å². The number of nitrogens with zero attached hydrogens (tertiary/aromatic N) is 2. The van der Waals surface area contributed by atoms with Gasteiger partial charge in [0.25, 0.3) is 0 Å². The molecule has 0 spiro atoms. The molecule has 96 valence electrons. The number of ether oxygens (including phenoxy) is 1. The summed E-state index contributed by atoms with van der Waals surface area (Å²) in [6.45, 7) is 1.69. The van der Waals surface area contributed by atoms with E-state index in [0.717, 1.165) is 23.1 Å². The van der Waals surface area contributed by atoms with E-state index in [-0.39, 0.29) is 0 Å². The maximum absolute atomic E-state index is 5.66. The number of aromatic nitrogens is 1. The lowest BCUT2D eigenvalue weighted by Gasteiger charge is -2.12. The van der Waals surface area contributed by atoms with E-state index >= 15 is 0 Å². The van der Waals surface area contributed by atoms with E-state index in [0.29, 0.717) is 12.5 Å². The van der Waals surface area contributed by atoms with Crippen LogP contribution in [0.5, 0.6) is 5.88 Å². The molecule has 0 aliphatic rings. The van der Waals surface area contributed by atoms with Crippen molar-refractivity contribution in [3.8, 4) is 5.88 Å². The van der Waals surface area contributed by atoms with Gasteiger partial charge in [-0.05, 0) is 42.5 Å². The van der Waals surface area contributed by atoms with Crippen molar-refractivity contribution in [2.24, 2.45) is 0 Å². The average Bonchev–Trinajstić information content (AvgIpc) is 2.27. The van der Waals surface area contributed by atoms with Crippen molar-refractivity contribution < 1.29 is 4.74 Å². The molecular formula is C11H18BrN3OS. The van der Waals surface area contributed by atoms with Crippen LogP contribution in [0.1, 0.15) is 6.42 Å². The van der Waals surface area contributed by atoms with Crippen molar-refractivity contribution >= 4 is 33.6 Å². The van der Waals surface area contributed by atoms with Crippen molar-refractivity contribution in [2.45, 2.75) is 6.42 Å². The molecule has 0 atom stereocenters. The van der Waals surface area contributed by atoms with Crippen LogP contribution in [0.15, 0.2) is 16.7 Å². The second kappa shape index (κ2) is 7.79. The summed E-state index contributed by atoms with van der Waals surface area (Å²) in [4.78, 5) is 6.39. The van der Waals surface area contributed by atoms with Gasteiger partial charge < -0.3 is 14.4 Å². The standard InChI is InChI=1S/C11H18BrN3OS/c1-15(2)5-4-6-16-11-10(14-17-3)7-9(12)8-13-11/h7-8,14H,4-6H2,1-3H3.